The van der Waals surface area contributed by atoms with Gasteiger partial charge in [-0.15, -0.1) is 0 Å². The van der Waals surface area contributed by atoms with Gasteiger partial charge < -0.3 is 19.7 Å². The molecule has 0 unspecified atom stereocenters. The third-order valence-electron chi connectivity index (χ3n) is 2.49. The molecule has 0 saturated heterocycles. The van der Waals surface area contributed by atoms with Crippen LogP contribution in [0.5, 0.6) is 0 Å². The molecule has 0 saturated carbocycles. The first kappa shape index (κ1) is 17.9. The molecule has 1 N–H and O–H groups in total. The van der Waals surface area contributed by atoms with Gasteiger partial charge in [-0.2, -0.15) is 0 Å². The fourth-order valence-electron chi connectivity index (χ4n) is 1.61. The molecule has 0 rings (SSSR count). The first-order valence-corrected chi connectivity index (χ1v) is 6.80. The molecule has 0 aromatic heterocycles. The molecule has 0 fully saturated rings. The molecule has 0 radical (unpaired) electrons. The van der Waals surface area contributed by atoms with Gasteiger partial charge in [-0.1, -0.05) is 6.92 Å². The summed E-state index contributed by atoms with van der Waals surface area (Å²) in [6.45, 7) is 9.38. The molecule has 6 heteroatoms. The Morgan fingerprint density at radius 3 is 2.16 bits per heavy atom. The Morgan fingerprint density at radius 2 is 1.74 bits per heavy atom. The van der Waals surface area contributed by atoms with E-state index in [1.165, 1.54) is 6.92 Å². The molecule has 0 aromatic carbocycles. The minimum atomic E-state index is -0.414. The lowest BCUT2D eigenvalue weighted by atomic mass is 10.3. The van der Waals surface area contributed by atoms with E-state index >= 15 is 0 Å². The van der Waals surface area contributed by atoms with E-state index in [9.17, 15) is 9.59 Å². The van der Waals surface area contributed by atoms with E-state index in [4.69, 9.17) is 9.47 Å². The predicted molar refractivity (Wildman–Crippen MR) is 72.6 cm³/mol. The smallest absolute Gasteiger partial charge is 0.222 e. The molecule has 0 aliphatic carbocycles. The average Bonchev–Trinajstić information content (AvgIpc) is 2.36. The van der Waals surface area contributed by atoms with Crippen LogP contribution in [0, 0.1) is 0 Å². The van der Waals surface area contributed by atoms with Crippen LogP contribution >= 0.6 is 0 Å². The molecule has 6 nitrogen and oxygen atoms in total. The lowest BCUT2D eigenvalue weighted by molar-refractivity contribution is -0.158. The maximum absolute atomic E-state index is 11.8. The third-order valence-corrected chi connectivity index (χ3v) is 2.49. The largest absolute Gasteiger partial charge is 0.355 e. The second kappa shape index (κ2) is 10.8. The summed E-state index contributed by atoms with van der Waals surface area (Å²) in [5, 5.41) is 2.68. The highest BCUT2D eigenvalue weighted by Crippen LogP contribution is 2.02. The van der Waals surface area contributed by atoms with Crippen molar-refractivity contribution in [3.63, 3.8) is 0 Å². The summed E-state index contributed by atoms with van der Waals surface area (Å²) in [7, 11) is 0. The lowest BCUT2D eigenvalue weighted by Gasteiger charge is -2.27. The molecular formula is C13H26N2O4. The van der Waals surface area contributed by atoms with Gasteiger partial charge in [0.25, 0.3) is 0 Å². The molecule has 0 aromatic rings. The third kappa shape index (κ3) is 8.56. The maximum Gasteiger partial charge on any atom is 0.222 e. The van der Waals surface area contributed by atoms with Crippen molar-refractivity contribution in [2.45, 2.75) is 40.4 Å². The Morgan fingerprint density at radius 1 is 1.16 bits per heavy atom. The first-order chi connectivity index (χ1) is 9.04. The van der Waals surface area contributed by atoms with Crippen molar-refractivity contribution < 1.29 is 19.1 Å². The van der Waals surface area contributed by atoms with Crippen molar-refractivity contribution in [3.05, 3.63) is 0 Å². The van der Waals surface area contributed by atoms with Gasteiger partial charge in [0, 0.05) is 39.6 Å². The van der Waals surface area contributed by atoms with Gasteiger partial charge in [0.05, 0.1) is 6.54 Å². The molecule has 0 atom stereocenters. The molecule has 19 heavy (non-hydrogen) atoms. The van der Waals surface area contributed by atoms with Crippen LogP contribution in [0.15, 0.2) is 0 Å². The summed E-state index contributed by atoms with van der Waals surface area (Å²) >= 11 is 0. The van der Waals surface area contributed by atoms with Crippen molar-refractivity contribution in [1.82, 2.24) is 10.2 Å². The Balaban J connectivity index is 4.37. The van der Waals surface area contributed by atoms with Crippen LogP contribution in [0.3, 0.4) is 0 Å². The highest BCUT2D eigenvalue weighted by molar-refractivity contribution is 5.76. The highest BCUT2D eigenvalue weighted by atomic mass is 16.7. The fraction of sp³-hybridized carbons (Fsp3) is 0.846. The second-order valence-corrected chi connectivity index (χ2v) is 4.02. The maximum atomic E-state index is 11.8. The summed E-state index contributed by atoms with van der Waals surface area (Å²) in [6.07, 6.45) is 0.00762. The number of hydrogen-bond acceptors (Lipinski definition) is 4. The number of carbonyl (C=O) groups is 2. The Bertz CT molecular complexity index is 265. The monoisotopic (exact) mass is 274 g/mol. The van der Waals surface area contributed by atoms with Crippen molar-refractivity contribution in [3.8, 4) is 0 Å². The van der Waals surface area contributed by atoms with Crippen LogP contribution in [-0.2, 0) is 19.1 Å². The topological polar surface area (TPSA) is 67.9 Å². The van der Waals surface area contributed by atoms with E-state index in [2.05, 4.69) is 5.32 Å². The summed E-state index contributed by atoms with van der Waals surface area (Å²) in [5.41, 5.74) is 0. The quantitative estimate of drug-likeness (QED) is 0.597. The number of carbonyl (C=O) groups excluding carboxylic acids is 2. The van der Waals surface area contributed by atoms with Gasteiger partial charge in [0.2, 0.25) is 11.8 Å². The van der Waals surface area contributed by atoms with Crippen LogP contribution < -0.4 is 5.32 Å². The van der Waals surface area contributed by atoms with E-state index < -0.39 is 6.29 Å². The summed E-state index contributed by atoms with van der Waals surface area (Å²) in [5.74, 6) is -0.0789. The van der Waals surface area contributed by atoms with Gasteiger partial charge in [-0.05, 0) is 13.8 Å². The molecule has 0 spiro atoms. The molecule has 112 valence electrons. The second-order valence-electron chi connectivity index (χ2n) is 4.02. The Labute approximate surface area is 115 Å². The molecule has 0 aliphatic heterocycles. The van der Waals surface area contributed by atoms with E-state index in [1.54, 1.807) is 4.90 Å². The van der Waals surface area contributed by atoms with Crippen molar-refractivity contribution >= 4 is 11.8 Å². The number of ether oxygens (including phenoxy) is 2. The Kier molecular flexibility index (Phi) is 10.1. The molecular weight excluding hydrogens is 248 g/mol. The minimum Gasteiger partial charge on any atom is -0.355 e. The highest BCUT2D eigenvalue weighted by Gasteiger charge is 2.18. The number of hydrogen-bond donors (Lipinski definition) is 1. The van der Waals surface area contributed by atoms with Crippen molar-refractivity contribution in [2.75, 3.05) is 32.8 Å². The summed E-state index contributed by atoms with van der Waals surface area (Å²) in [6, 6.07) is 0. The zero-order chi connectivity index (χ0) is 14.7. The fourth-order valence-corrected chi connectivity index (χ4v) is 1.61. The zero-order valence-electron chi connectivity index (χ0n) is 12.4. The van der Waals surface area contributed by atoms with Crippen LogP contribution in [0.4, 0.5) is 0 Å². The van der Waals surface area contributed by atoms with Crippen molar-refractivity contribution in [2.24, 2.45) is 0 Å². The number of amides is 2. The van der Waals surface area contributed by atoms with Gasteiger partial charge >= 0.3 is 0 Å². The predicted octanol–water partition coefficient (Wildman–Crippen LogP) is 0.760. The van der Waals surface area contributed by atoms with E-state index in [1.807, 2.05) is 20.8 Å². The average molecular weight is 274 g/mol. The van der Waals surface area contributed by atoms with Crippen LogP contribution in [0.2, 0.25) is 0 Å². The SMILES string of the molecule is CCOC(CN(CCNC(C)=O)C(=O)CC)OCC. The Hall–Kier alpha value is -1.14. The van der Waals surface area contributed by atoms with Gasteiger partial charge in [-0.25, -0.2) is 0 Å². The number of nitrogens with one attached hydrogen (secondary N) is 1. The van der Waals surface area contributed by atoms with Crippen LogP contribution in [-0.4, -0.2) is 55.9 Å². The summed E-state index contributed by atoms with van der Waals surface area (Å²) in [4.78, 5) is 24.3. The number of nitrogens with zero attached hydrogens (tertiary/aromatic N) is 1. The van der Waals surface area contributed by atoms with E-state index in [0.29, 0.717) is 39.3 Å². The zero-order valence-corrected chi connectivity index (χ0v) is 12.4. The lowest BCUT2D eigenvalue weighted by Crippen LogP contribution is -2.43. The minimum absolute atomic E-state index is 0.0229. The first-order valence-electron chi connectivity index (χ1n) is 6.80. The summed E-state index contributed by atoms with van der Waals surface area (Å²) < 4.78 is 10.9. The normalized spacial score (nSPS) is 10.6. The molecule has 2 amide bonds. The number of rotatable bonds is 10. The van der Waals surface area contributed by atoms with E-state index in [0.717, 1.165) is 0 Å². The molecule has 0 aliphatic rings. The van der Waals surface area contributed by atoms with Gasteiger partial charge in [0.15, 0.2) is 6.29 Å². The van der Waals surface area contributed by atoms with Crippen LogP contribution in [0.25, 0.3) is 0 Å². The van der Waals surface area contributed by atoms with Crippen molar-refractivity contribution in [1.29, 1.82) is 0 Å². The van der Waals surface area contributed by atoms with Gasteiger partial charge in [-0.3, -0.25) is 9.59 Å². The van der Waals surface area contributed by atoms with E-state index in [-0.39, 0.29) is 11.8 Å². The van der Waals surface area contributed by atoms with Crippen LogP contribution in [0.1, 0.15) is 34.1 Å². The van der Waals surface area contributed by atoms with Gasteiger partial charge in [0.1, 0.15) is 0 Å². The molecule has 0 bridgehead atoms. The molecule has 0 heterocycles. The standard InChI is InChI=1S/C13H26N2O4/c1-5-12(17)15(9-8-14-11(4)16)10-13(18-6-2)19-7-3/h13H,5-10H2,1-4H3,(H,14,16).